The second-order valence-corrected chi connectivity index (χ2v) is 9.01. The van der Waals surface area contributed by atoms with E-state index < -0.39 is 6.04 Å². The first-order valence-electron chi connectivity index (χ1n) is 11.8. The molecule has 0 saturated carbocycles. The van der Waals surface area contributed by atoms with Gasteiger partial charge in [-0.25, -0.2) is 0 Å². The van der Waals surface area contributed by atoms with Crippen LogP contribution in [0.1, 0.15) is 39.5 Å². The first-order chi connectivity index (χ1) is 17.1. The molecule has 0 aliphatic carbocycles. The second-order valence-electron chi connectivity index (χ2n) is 8.60. The lowest BCUT2D eigenvalue weighted by molar-refractivity contribution is -0.121. The Morgan fingerprint density at radius 3 is 2.26 bits per heavy atom. The van der Waals surface area contributed by atoms with Crippen LogP contribution in [-0.2, 0) is 22.6 Å². The van der Waals surface area contributed by atoms with Crippen molar-refractivity contribution in [2.24, 2.45) is 0 Å². The first kappa shape index (κ1) is 24.9. The maximum absolute atomic E-state index is 12.8. The van der Waals surface area contributed by atoms with Crippen LogP contribution < -0.4 is 10.6 Å². The summed E-state index contributed by atoms with van der Waals surface area (Å²) in [7, 11) is 0. The normalized spacial score (nSPS) is 14.8. The topological polar surface area (TPSA) is 70.7 Å². The number of hydrogen-bond donors (Lipinski definition) is 2. The Hall–Kier alpha value is -3.19. The highest BCUT2D eigenvalue weighted by atomic mass is 35.5. The molecule has 2 amide bonds. The second kappa shape index (κ2) is 12.5. The van der Waals surface area contributed by atoms with Crippen LogP contribution in [-0.4, -0.2) is 43.0 Å². The van der Waals surface area contributed by atoms with Crippen molar-refractivity contribution < 1.29 is 14.3 Å². The van der Waals surface area contributed by atoms with Crippen molar-refractivity contribution in [3.8, 4) is 0 Å². The summed E-state index contributed by atoms with van der Waals surface area (Å²) in [5.74, 6) is -0.455. The van der Waals surface area contributed by atoms with Crippen molar-refractivity contribution >= 4 is 23.4 Å². The number of halogens is 1. The molecule has 3 aromatic rings. The molecular formula is C28H30ClN3O3. The standard InChI is InChI=1S/C28H30ClN3O3/c29-25-9-5-4-8-24(25)28(34)31-26(23-6-2-1-3-7-23)18-27(33)30-19-21-10-12-22(13-11-21)20-32-14-16-35-17-15-32/h1-13,26H,14-20H2,(H,30,33)(H,31,34). The van der Waals surface area contributed by atoms with Crippen LogP contribution >= 0.6 is 11.6 Å². The lowest BCUT2D eigenvalue weighted by Crippen LogP contribution is -2.35. The minimum absolute atomic E-state index is 0.120. The number of nitrogens with one attached hydrogen (secondary N) is 2. The number of benzene rings is 3. The number of rotatable bonds is 9. The van der Waals surface area contributed by atoms with Crippen molar-refractivity contribution in [2.75, 3.05) is 26.3 Å². The van der Waals surface area contributed by atoms with E-state index in [0.29, 0.717) is 17.1 Å². The van der Waals surface area contributed by atoms with Gasteiger partial charge >= 0.3 is 0 Å². The van der Waals surface area contributed by atoms with Gasteiger partial charge in [0.2, 0.25) is 5.91 Å². The molecule has 4 rings (SSSR count). The lowest BCUT2D eigenvalue weighted by Gasteiger charge is -2.26. The van der Waals surface area contributed by atoms with Gasteiger partial charge in [0, 0.05) is 26.2 Å². The summed E-state index contributed by atoms with van der Waals surface area (Å²) in [5, 5.41) is 6.32. The van der Waals surface area contributed by atoms with Crippen molar-refractivity contribution in [1.29, 1.82) is 0 Å². The van der Waals surface area contributed by atoms with E-state index in [-0.39, 0.29) is 18.2 Å². The summed E-state index contributed by atoms with van der Waals surface area (Å²) in [6.07, 6.45) is 0.120. The van der Waals surface area contributed by atoms with Crippen molar-refractivity contribution in [3.05, 3.63) is 106 Å². The predicted molar refractivity (Wildman–Crippen MR) is 137 cm³/mol. The summed E-state index contributed by atoms with van der Waals surface area (Å²) in [5.41, 5.74) is 3.51. The predicted octanol–water partition coefficient (Wildman–Crippen LogP) is 4.35. The van der Waals surface area contributed by atoms with Gasteiger partial charge in [0.25, 0.3) is 5.91 Å². The average Bonchev–Trinajstić information content (AvgIpc) is 2.89. The highest BCUT2D eigenvalue weighted by Crippen LogP contribution is 2.20. The van der Waals surface area contributed by atoms with Crippen molar-refractivity contribution in [1.82, 2.24) is 15.5 Å². The molecule has 2 N–H and O–H groups in total. The Morgan fingerprint density at radius 1 is 0.886 bits per heavy atom. The lowest BCUT2D eigenvalue weighted by atomic mass is 10.0. The first-order valence-corrected chi connectivity index (χ1v) is 12.2. The molecule has 0 radical (unpaired) electrons. The number of carbonyl (C=O) groups excluding carboxylic acids is 2. The van der Waals surface area contributed by atoms with Crippen LogP contribution in [0.2, 0.25) is 5.02 Å². The minimum atomic E-state index is -0.476. The van der Waals surface area contributed by atoms with Crippen LogP contribution in [0.4, 0.5) is 0 Å². The Bertz CT molecular complexity index is 1120. The van der Waals surface area contributed by atoms with Gasteiger partial charge in [0.15, 0.2) is 0 Å². The third-order valence-electron chi connectivity index (χ3n) is 6.04. The monoisotopic (exact) mass is 491 g/mol. The maximum atomic E-state index is 12.8. The maximum Gasteiger partial charge on any atom is 0.253 e. The van der Waals surface area contributed by atoms with Crippen molar-refractivity contribution in [2.45, 2.75) is 25.6 Å². The highest BCUT2D eigenvalue weighted by Gasteiger charge is 2.20. The van der Waals surface area contributed by atoms with Crippen LogP contribution in [0.15, 0.2) is 78.9 Å². The van der Waals surface area contributed by atoms with E-state index in [4.69, 9.17) is 16.3 Å². The van der Waals surface area contributed by atoms with Crippen molar-refractivity contribution in [3.63, 3.8) is 0 Å². The largest absolute Gasteiger partial charge is 0.379 e. The Balaban J connectivity index is 1.33. The summed E-state index contributed by atoms with van der Waals surface area (Å²) in [6.45, 7) is 4.80. The molecule has 1 unspecified atom stereocenters. The van der Waals surface area contributed by atoms with E-state index in [0.717, 1.165) is 44.0 Å². The van der Waals surface area contributed by atoms with E-state index in [2.05, 4.69) is 27.7 Å². The summed E-state index contributed by atoms with van der Waals surface area (Å²) in [6, 6.07) is 24.2. The molecule has 182 valence electrons. The smallest absolute Gasteiger partial charge is 0.253 e. The zero-order valence-electron chi connectivity index (χ0n) is 19.6. The Kier molecular flexibility index (Phi) is 8.90. The van der Waals surface area contributed by atoms with Crippen LogP contribution in [0, 0.1) is 0 Å². The molecule has 1 aliphatic rings. The number of carbonyl (C=O) groups is 2. The molecule has 0 aromatic heterocycles. The molecule has 7 heteroatoms. The molecule has 1 saturated heterocycles. The van der Waals surface area contributed by atoms with Crippen LogP contribution in [0.5, 0.6) is 0 Å². The van der Waals surface area contributed by atoms with Crippen LogP contribution in [0.3, 0.4) is 0 Å². The number of hydrogen-bond acceptors (Lipinski definition) is 4. The SMILES string of the molecule is O=C(CC(NC(=O)c1ccccc1Cl)c1ccccc1)NCc1ccc(CN2CCOCC2)cc1. The zero-order chi connectivity index (χ0) is 24.5. The van der Waals surface area contributed by atoms with E-state index >= 15 is 0 Å². The quantitative estimate of drug-likeness (QED) is 0.467. The number of amides is 2. The fraction of sp³-hybridized carbons (Fsp3) is 0.286. The van der Waals surface area contributed by atoms with Crippen LogP contribution in [0.25, 0.3) is 0 Å². The molecule has 1 heterocycles. The van der Waals surface area contributed by atoms with Gasteiger partial charge in [-0.15, -0.1) is 0 Å². The molecular weight excluding hydrogens is 462 g/mol. The molecule has 3 aromatic carbocycles. The fourth-order valence-electron chi connectivity index (χ4n) is 4.06. The minimum Gasteiger partial charge on any atom is -0.379 e. The summed E-state index contributed by atoms with van der Waals surface area (Å²) >= 11 is 6.19. The highest BCUT2D eigenvalue weighted by molar-refractivity contribution is 6.33. The molecule has 0 bridgehead atoms. The summed E-state index contributed by atoms with van der Waals surface area (Å²) in [4.78, 5) is 28.0. The zero-order valence-corrected chi connectivity index (χ0v) is 20.3. The average molecular weight is 492 g/mol. The van der Waals surface area contributed by atoms with Gasteiger partial charge in [0.1, 0.15) is 0 Å². The third kappa shape index (κ3) is 7.39. The molecule has 1 fully saturated rings. The molecule has 1 atom stereocenters. The third-order valence-corrected chi connectivity index (χ3v) is 6.37. The molecule has 6 nitrogen and oxygen atoms in total. The number of morpholine rings is 1. The van der Waals surface area contributed by atoms with E-state index in [9.17, 15) is 9.59 Å². The number of nitrogens with zero attached hydrogens (tertiary/aromatic N) is 1. The number of ether oxygens (including phenoxy) is 1. The van der Waals surface area contributed by atoms with Gasteiger partial charge in [-0.2, -0.15) is 0 Å². The van der Waals surface area contributed by atoms with E-state index in [1.54, 1.807) is 24.3 Å². The van der Waals surface area contributed by atoms with E-state index in [1.807, 2.05) is 42.5 Å². The molecule has 35 heavy (non-hydrogen) atoms. The fourth-order valence-corrected chi connectivity index (χ4v) is 4.28. The molecule has 0 spiro atoms. The van der Waals surface area contributed by atoms with Gasteiger partial charge in [0.05, 0.1) is 36.3 Å². The Morgan fingerprint density at radius 2 is 1.54 bits per heavy atom. The Labute approximate surface area is 211 Å². The summed E-state index contributed by atoms with van der Waals surface area (Å²) < 4.78 is 5.40. The van der Waals surface area contributed by atoms with Gasteiger partial charge in [-0.05, 0) is 28.8 Å². The molecule has 1 aliphatic heterocycles. The van der Waals surface area contributed by atoms with Gasteiger partial charge in [-0.1, -0.05) is 78.3 Å². The van der Waals surface area contributed by atoms with Gasteiger partial charge in [-0.3, -0.25) is 14.5 Å². The van der Waals surface area contributed by atoms with E-state index in [1.165, 1.54) is 5.56 Å². The van der Waals surface area contributed by atoms with Gasteiger partial charge < -0.3 is 15.4 Å².